The van der Waals surface area contributed by atoms with E-state index in [1.807, 2.05) is 30.3 Å². The average Bonchev–Trinajstić information content (AvgIpc) is 3.51. The van der Waals surface area contributed by atoms with Crippen LogP contribution in [0.4, 0.5) is 0 Å². The summed E-state index contributed by atoms with van der Waals surface area (Å²) in [6.45, 7) is 0. The summed E-state index contributed by atoms with van der Waals surface area (Å²) in [5.74, 6) is 0. The van der Waals surface area contributed by atoms with Gasteiger partial charge in [-0.25, -0.2) is 0 Å². The Bertz CT molecular complexity index is 2740. The van der Waals surface area contributed by atoms with Gasteiger partial charge in [0.15, 0.2) is 0 Å². The number of aromatic nitrogens is 1. The van der Waals surface area contributed by atoms with Gasteiger partial charge in [-0.05, 0) is 80.2 Å². The molecule has 226 valence electrons. The second kappa shape index (κ2) is 11.4. The molecule has 0 atom stereocenters. The van der Waals surface area contributed by atoms with E-state index < -0.39 is 0 Å². The maximum atomic E-state index is 10.8. The third kappa shape index (κ3) is 4.42. The molecule has 0 unspecified atom stereocenters. The number of para-hydroxylation sites is 2. The van der Waals surface area contributed by atoms with Gasteiger partial charge < -0.3 is 4.57 Å². The van der Waals surface area contributed by atoms with Crippen LogP contribution in [0, 0.1) is 22.7 Å². The zero-order valence-corrected chi connectivity index (χ0v) is 26.4. The van der Waals surface area contributed by atoms with Crippen molar-refractivity contribution in [2.75, 3.05) is 0 Å². The lowest BCUT2D eigenvalue weighted by Gasteiger charge is -2.19. The Kier molecular flexibility index (Phi) is 6.58. The molecule has 3 nitrogen and oxygen atoms in total. The Morgan fingerprint density at radius 1 is 0.388 bits per heavy atom. The van der Waals surface area contributed by atoms with Crippen molar-refractivity contribution in [3.63, 3.8) is 0 Å². The van der Waals surface area contributed by atoms with Crippen molar-refractivity contribution in [1.29, 1.82) is 10.5 Å². The van der Waals surface area contributed by atoms with Gasteiger partial charge in [-0.2, -0.15) is 10.5 Å². The van der Waals surface area contributed by atoms with Crippen LogP contribution in [0.1, 0.15) is 11.1 Å². The molecule has 0 fully saturated rings. The summed E-state index contributed by atoms with van der Waals surface area (Å²) in [5.41, 5.74) is 10.3. The SMILES string of the molecule is N#Cc1ccc(-n2c3ccccc3c3ccccc32)c(-c2ccc(-c3c4ccccc4c(-c4ccccc4)c4ccccc34)c(C#N)c2)c1. The summed E-state index contributed by atoms with van der Waals surface area (Å²) in [4.78, 5) is 0. The van der Waals surface area contributed by atoms with Crippen LogP contribution in [0.5, 0.6) is 0 Å². The van der Waals surface area contributed by atoms with E-state index in [9.17, 15) is 10.5 Å². The minimum Gasteiger partial charge on any atom is -0.309 e. The van der Waals surface area contributed by atoms with E-state index in [2.05, 4.69) is 150 Å². The average molecular weight is 622 g/mol. The van der Waals surface area contributed by atoms with Gasteiger partial charge in [0.05, 0.1) is 40.0 Å². The fourth-order valence-electron chi connectivity index (χ4n) is 7.57. The van der Waals surface area contributed by atoms with Crippen molar-refractivity contribution in [1.82, 2.24) is 4.57 Å². The molecular weight excluding hydrogens is 595 g/mol. The fourth-order valence-corrected chi connectivity index (χ4v) is 7.57. The molecule has 3 heteroatoms. The van der Waals surface area contributed by atoms with Crippen LogP contribution in [0.2, 0.25) is 0 Å². The summed E-state index contributed by atoms with van der Waals surface area (Å²) >= 11 is 0. The Morgan fingerprint density at radius 2 is 0.918 bits per heavy atom. The molecule has 0 aliphatic carbocycles. The molecule has 0 saturated heterocycles. The van der Waals surface area contributed by atoms with Crippen molar-refractivity contribution in [2.45, 2.75) is 0 Å². The minimum absolute atomic E-state index is 0.565. The van der Waals surface area contributed by atoms with Crippen LogP contribution >= 0.6 is 0 Å². The van der Waals surface area contributed by atoms with E-state index in [4.69, 9.17) is 0 Å². The van der Waals surface area contributed by atoms with Crippen molar-refractivity contribution in [3.05, 3.63) is 175 Å². The first-order valence-electron chi connectivity index (χ1n) is 16.3. The van der Waals surface area contributed by atoms with Gasteiger partial charge >= 0.3 is 0 Å². The van der Waals surface area contributed by atoms with Crippen molar-refractivity contribution in [3.8, 4) is 51.2 Å². The topological polar surface area (TPSA) is 52.5 Å². The lowest BCUT2D eigenvalue weighted by atomic mass is 9.84. The zero-order valence-electron chi connectivity index (χ0n) is 26.4. The van der Waals surface area contributed by atoms with Crippen LogP contribution in [0.3, 0.4) is 0 Å². The second-order valence-electron chi connectivity index (χ2n) is 12.3. The number of rotatable bonds is 4. The third-order valence-corrected chi connectivity index (χ3v) is 9.66. The summed E-state index contributed by atoms with van der Waals surface area (Å²) in [6.07, 6.45) is 0. The second-order valence-corrected chi connectivity index (χ2v) is 12.3. The smallest absolute Gasteiger partial charge is 0.0998 e. The predicted octanol–water partition coefficient (Wildman–Crippen LogP) is 11.8. The van der Waals surface area contributed by atoms with E-state index in [0.717, 1.165) is 66.1 Å². The molecule has 49 heavy (non-hydrogen) atoms. The third-order valence-electron chi connectivity index (χ3n) is 9.66. The Balaban J connectivity index is 1.31. The molecule has 9 rings (SSSR count). The van der Waals surface area contributed by atoms with Gasteiger partial charge in [-0.3, -0.25) is 0 Å². The number of nitrogens with zero attached hydrogens (tertiary/aromatic N) is 3. The molecule has 0 spiro atoms. The van der Waals surface area contributed by atoms with Crippen molar-refractivity contribution in [2.24, 2.45) is 0 Å². The first-order valence-corrected chi connectivity index (χ1v) is 16.3. The summed E-state index contributed by atoms with van der Waals surface area (Å²) in [6, 6.07) is 61.2. The highest BCUT2D eigenvalue weighted by atomic mass is 15.0. The summed E-state index contributed by atoms with van der Waals surface area (Å²) in [7, 11) is 0. The highest BCUT2D eigenvalue weighted by molar-refractivity contribution is 6.21. The summed E-state index contributed by atoms with van der Waals surface area (Å²) in [5, 5.41) is 27.5. The zero-order chi connectivity index (χ0) is 32.9. The number of hydrogen-bond acceptors (Lipinski definition) is 2. The van der Waals surface area contributed by atoms with Crippen LogP contribution in [0.15, 0.2) is 164 Å². The lowest BCUT2D eigenvalue weighted by molar-refractivity contribution is 1.18. The molecule has 1 aromatic heterocycles. The highest BCUT2D eigenvalue weighted by Crippen LogP contribution is 2.45. The minimum atomic E-state index is 0.565. The Labute approximate surface area is 283 Å². The van der Waals surface area contributed by atoms with Gasteiger partial charge in [0, 0.05) is 21.9 Å². The molecule has 1 heterocycles. The quantitative estimate of drug-likeness (QED) is 0.184. The first-order chi connectivity index (χ1) is 24.2. The van der Waals surface area contributed by atoms with Gasteiger partial charge in [0.1, 0.15) is 0 Å². The van der Waals surface area contributed by atoms with E-state index in [1.165, 1.54) is 16.3 Å². The molecule has 9 aromatic rings. The van der Waals surface area contributed by atoms with Gasteiger partial charge in [0.25, 0.3) is 0 Å². The standard InChI is InChI=1S/C46H27N3/c47-28-30-22-25-44(49-42-20-10-8-14-35(42)36-15-9-11-21-43(36)49)41(26-30)32-23-24-34(33(27-32)29-48)46-39-18-6-4-16-37(39)45(31-12-2-1-3-13-31)38-17-5-7-19-40(38)46/h1-27H. The molecule has 0 bridgehead atoms. The van der Waals surface area contributed by atoms with Gasteiger partial charge in [-0.1, -0.05) is 127 Å². The lowest BCUT2D eigenvalue weighted by Crippen LogP contribution is -1.99. The molecule has 0 aliphatic heterocycles. The van der Waals surface area contributed by atoms with Crippen LogP contribution in [-0.2, 0) is 0 Å². The number of fused-ring (bicyclic) bond motifs is 5. The maximum Gasteiger partial charge on any atom is 0.0998 e. The van der Waals surface area contributed by atoms with E-state index in [1.54, 1.807) is 0 Å². The molecule has 0 saturated carbocycles. The maximum absolute atomic E-state index is 10.8. The van der Waals surface area contributed by atoms with Crippen molar-refractivity contribution >= 4 is 43.4 Å². The normalized spacial score (nSPS) is 11.2. The van der Waals surface area contributed by atoms with E-state index in [0.29, 0.717) is 11.1 Å². The largest absolute Gasteiger partial charge is 0.309 e. The van der Waals surface area contributed by atoms with Crippen molar-refractivity contribution < 1.29 is 0 Å². The highest BCUT2D eigenvalue weighted by Gasteiger charge is 2.20. The van der Waals surface area contributed by atoms with E-state index >= 15 is 0 Å². The molecule has 0 N–H and O–H groups in total. The Morgan fingerprint density at radius 3 is 1.49 bits per heavy atom. The summed E-state index contributed by atoms with van der Waals surface area (Å²) < 4.78 is 2.27. The molecule has 0 amide bonds. The molecule has 0 radical (unpaired) electrons. The monoisotopic (exact) mass is 621 g/mol. The predicted molar refractivity (Wildman–Crippen MR) is 202 cm³/mol. The van der Waals surface area contributed by atoms with Gasteiger partial charge in [-0.15, -0.1) is 0 Å². The van der Waals surface area contributed by atoms with E-state index in [-0.39, 0.29) is 0 Å². The van der Waals surface area contributed by atoms with Crippen LogP contribution in [0.25, 0.3) is 82.4 Å². The molecular formula is C46H27N3. The number of benzene rings is 8. The Hall–Kier alpha value is -6.94. The van der Waals surface area contributed by atoms with Crippen LogP contribution < -0.4 is 0 Å². The fraction of sp³-hybridized carbons (Fsp3) is 0. The molecule has 8 aromatic carbocycles. The number of nitriles is 2. The molecule has 0 aliphatic rings. The number of hydrogen-bond donors (Lipinski definition) is 0. The van der Waals surface area contributed by atoms with Crippen LogP contribution in [-0.4, -0.2) is 4.57 Å². The van der Waals surface area contributed by atoms with Gasteiger partial charge in [0.2, 0.25) is 0 Å². The first kappa shape index (κ1) is 28.3.